The molecule has 28 heavy (non-hydrogen) atoms. The van der Waals surface area contributed by atoms with Crippen LogP contribution in [0, 0.1) is 12.7 Å². The molecule has 1 aromatic heterocycles. The largest absolute Gasteiger partial charge is 0.353 e. The quantitative estimate of drug-likeness (QED) is 0.536. The van der Waals surface area contributed by atoms with Gasteiger partial charge in [0, 0.05) is 25.6 Å². The zero-order valence-electron chi connectivity index (χ0n) is 16.4. The first-order valence-electron chi connectivity index (χ1n) is 10.1. The number of hydrogen-bond donors (Lipinski definition) is 2. The summed E-state index contributed by atoms with van der Waals surface area (Å²) in [6.07, 6.45) is 8.03. The van der Waals surface area contributed by atoms with Crippen molar-refractivity contribution in [2.24, 2.45) is 0 Å². The van der Waals surface area contributed by atoms with Crippen molar-refractivity contribution in [3.05, 3.63) is 41.5 Å². The van der Waals surface area contributed by atoms with Crippen LogP contribution >= 0.6 is 0 Å². The zero-order chi connectivity index (χ0) is 19.8. The molecule has 0 radical (unpaired) electrons. The van der Waals surface area contributed by atoms with E-state index in [2.05, 4.69) is 26.2 Å². The summed E-state index contributed by atoms with van der Waals surface area (Å²) < 4.78 is 14.7. The Labute approximate surface area is 165 Å². The number of tetrazole rings is 1. The van der Waals surface area contributed by atoms with Gasteiger partial charge in [-0.2, -0.15) is 0 Å². The Hall–Kier alpha value is -2.35. The van der Waals surface area contributed by atoms with Gasteiger partial charge in [0.15, 0.2) is 0 Å². The Kier molecular flexibility index (Phi) is 7.47. The van der Waals surface area contributed by atoms with Gasteiger partial charge in [0.25, 0.3) is 0 Å². The summed E-state index contributed by atoms with van der Waals surface area (Å²) in [5, 5.41) is 18.1. The predicted octanol–water partition coefficient (Wildman–Crippen LogP) is 2.33. The Balaban J connectivity index is 1.55. The Morgan fingerprint density at radius 3 is 2.54 bits per heavy atom. The lowest BCUT2D eigenvalue weighted by molar-refractivity contribution is -0.124. The smallest absolute Gasteiger partial charge is 0.245 e. The molecule has 0 spiro atoms. The lowest BCUT2D eigenvalue weighted by Crippen LogP contribution is -2.40. The molecule has 2 N–H and O–H groups in total. The molecule has 1 atom stereocenters. The van der Waals surface area contributed by atoms with Crippen LogP contribution in [0.5, 0.6) is 0 Å². The molecule has 1 saturated carbocycles. The van der Waals surface area contributed by atoms with Gasteiger partial charge < -0.3 is 10.6 Å². The number of hydrogen-bond acceptors (Lipinski definition) is 5. The van der Waals surface area contributed by atoms with E-state index in [9.17, 15) is 9.18 Å². The Morgan fingerprint density at radius 2 is 1.89 bits per heavy atom. The number of aromatic nitrogens is 4. The molecule has 8 heteroatoms. The third-order valence-corrected chi connectivity index (χ3v) is 5.31. The second kappa shape index (κ2) is 10.3. The van der Waals surface area contributed by atoms with Crippen molar-refractivity contribution in [1.82, 2.24) is 30.8 Å². The number of halogens is 1. The van der Waals surface area contributed by atoms with E-state index in [1.54, 1.807) is 19.1 Å². The monoisotopic (exact) mass is 388 g/mol. The van der Waals surface area contributed by atoms with Crippen LogP contribution in [0.25, 0.3) is 0 Å². The molecular weight excluding hydrogens is 359 g/mol. The van der Waals surface area contributed by atoms with Crippen LogP contribution in [0.4, 0.5) is 4.39 Å². The van der Waals surface area contributed by atoms with E-state index in [0.29, 0.717) is 24.8 Å². The van der Waals surface area contributed by atoms with Gasteiger partial charge in [-0.1, -0.05) is 37.8 Å². The van der Waals surface area contributed by atoms with E-state index in [-0.39, 0.29) is 11.7 Å². The van der Waals surface area contributed by atoms with E-state index < -0.39 is 6.04 Å². The van der Waals surface area contributed by atoms with Crippen LogP contribution in [-0.4, -0.2) is 45.2 Å². The first-order valence-corrected chi connectivity index (χ1v) is 10.1. The fourth-order valence-electron chi connectivity index (χ4n) is 3.72. The molecule has 152 valence electrons. The van der Waals surface area contributed by atoms with Crippen molar-refractivity contribution in [1.29, 1.82) is 0 Å². The zero-order valence-corrected chi connectivity index (χ0v) is 16.4. The minimum absolute atomic E-state index is 0.137. The summed E-state index contributed by atoms with van der Waals surface area (Å²) >= 11 is 0. The second-order valence-electron chi connectivity index (χ2n) is 7.45. The maximum Gasteiger partial charge on any atom is 0.245 e. The summed E-state index contributed by atoms with van der Waals surface area (Å²) in [4.78, 5) is 12.8. The maximum absolute atomic E-state index is 13.2. The van der Waals surface area contributed by atoms with Gasteiger partial charge in [-0.25, -0.2) is 9.07 Å². The fourth-order valence-corrected chi connectivity index (χ4v) is 3.72. The van der Waals surface area contributed by atoms with Crippen molar-refractivity contribution in [3.8, 4) is 0 Å². The van der Waals surface area contributed by atoms with Crippen LogP contribution in [-0.2, 0) is 11.2 Å². The number of nitrogens with zero attached hydrogens (tertiary/aromatic N) is 4. The van der Waals surface area contributed by atoms with Gasteiger partial charge in [-0.3, -0.25) is 4.79 Å². The number of amides is 1. The summed E-state index contributed by atoms with van der Waals surface area (Å²) in [6.45, 7) is 3.06. The minimum atomic E-state index is -0.571. The molecule has 1 aromatic carbocycles. The van der Waals surface area contributed by atoms with Crippen LogP contribution in [0.1, 0.15) is 56.0 Å². The fraction of sp³-hybridized carbons (Fsp3) is 0.600. The summed E-state index contributed by atoms with van der Waals surface area (Å²) in [6, 6.07) is 6.14. The average molecular weight is 388 g/mol. The summed E-state index contributed by atoms with van der Waals surface area (Å²) in [5.41, 5.74) is 0.855. The number of rotatable bonds is 8. The van der Waals surface area contributed by atoms with Crippen molar-refractivity contribution >= 4 is 5.91 Å². The molecule has 2 aromatic rings. The third-order valence-electron chi connectivity index (χ3n) is 5.31. The molecule has 1 fully saturated rings. The highest BCUT2D eigenvalue weighted by Crippen LogP contribution is 2.17. The number of carbonyl (C=O) groups is 1. The molecule has 0 bridgehead atoms. The van der Waals surface area contributed by atoms with Crippen molar-refractivity contribution < 1.29 is 9.18 Å². The molecule has 1 aliphatic carbocycles. The number of aryl methyl sites for hydroxylation is 1. The highest BCUT2D eigenvalue weighted by molar-refractivity contribution is 5.80. The van der Waals surface area contributed by atoms with E-state index in [1.807, 2.05) is 0 Å². The minimum Gasteiger partial charge on any atom is -0.353 e. The van der Waals surface area contributed by atoms with Gasteiger partial charge in [0.2, 0.25) is 5.91 Å². The SMILES string of the molecule is Cc1nnnn1C(Cc1ccc(F)cc1)C(=O)NCCNC1CCCCCC1. The third kappa shape index (κ3) is 5.82. The highest BCUT2D eigenvalue weighted by Gasteiger charge is 2.24. The van der Waals surface area contributed by atoms with Crippen LogP contribution < -0.4 is 10.6 Å². The molecule has 1 amide bonds. The maximum atomic E-state index is 13.2. The second-order valence-corrected chi connectivity index (χ2v) is 7.45. The molecule has 1 heterocycles. The van der Waals surface area contributed by atoms with Crippen LogP contribution in [0.3, 0.4) is 0 Å². The Morgan fingerprint density at radius 1 is 1.18 bits per heavy atom. The number of carbonyl (C=O) groups excluding carboxylic acids is 1. The van der Waals surface area contributed by atoms with E-state index in [0.717, 1.165) is 12.1 Å². The lowest BCUT2D eigenvalue weighted by atomic mass is 10.1. The van der Waals surface area contributed by atoms with Gasteiger partial charge >= 0.3 is 0 Å². The van der Waals surface area contributed by atoms with Crippen LogP contribution in [0.2, 0.25) is 0 Å². The van der Waals surface area contributed by atoms with Gasteiger partial charge in [0.05, 0.1) is 0 Å². The normalized spacial score (nSPS) is 16.5. The highest BCUT2D eigenvalue weighted by atomic mass is 19.1. The lowest BCUT2D eigenvalue weighted by Gasteiger charge is -2.19. The topological polar surface area (TPSA) is 84.7 Å². The van der Waals surface area contributed by atoms with E-state index in [1.165, 1.54) is 55.3 Å². The van der Waals surface area contributed by atoms with Gasteiger partial charge in [0.1, 0.15) is 17.7 Å². The Bertz CT molecular complexity index is 739. The number of nitrogens with one attached hydrogen (secondary N) is 2. The molecule has 0 aliphatic heterocycles. The van der Waals surface area contributed by atoms with Gasteiger partial charge in [-0.15, -0.1) is 5.10 Å². The standard InChI is InChI=1S/C20H29FN6O/c1-15-24-25-26-27(15)19(14-16-8-10-17(21)11-9-16)20(28)23-13-12-22-18-6-4-2-3-5-7-18/h8-11,18-19,22H,2-7,12-14H2,1H3,(H,23,28). The van der Waals surface area contributed by atoms with E-state index >= 15 is 0 Å². The summed E-state index contributed by atoms with van der Waals surface area (Å²) in [5.74, 6) is 0.133. The van der Waals surface area contributed by atoms with Crippen molar-refractivity contribution in [2.45, 2.75) is 64.0 Å². The molecule has 1 aliphatic rings. The summed E-state index contributed by atoms with van der Waals surface area (Å²) in [7, 11) is 0. The van der Waals surface area contributed by atoms with Crippen molar-refractivity contribution in [3.63, 3.8) is 0 Å². The molecular formula is C20H29FN6O. The van der Waals surface area contributed by atoms with Crippen molar-refractivity contribution in [2.75, 3.05) is 13.1 Å². The average Bonchev–Trinajstić information content (AvgIpc) is 2.95. The molecule has 1 unspecified atom stereocenters. The first kappa shape index (κ1) is 20.4. The van der Waals surface area contributed by atoms with Gasteiger partial charge in [-0.05, 0) is 47.9 Å². The number of benzene rings is 1. The molecule has 7 nitrogen and oxygen atoms in total. The molecule has 0 saturated heterocycles. The first-order chi connectivity index (χ1) is 13.6. The predicted molar refractivity (Wildman–Crippen MR) is 104 cm³/mol. The van der Waals surface area contributed by atoms with E-state index in [4.69, 9.17) is 0 Å². The molecule has 3 rings (SSSR count). The van der Waals surface area contributed by atoms with Crippen LogP contribution in [0.15, 0.2) is 24.3 Å².